The molecule has 1 N–H and O–H groups in total. The molecule has 0 aromatic carbocycles. The number of alkyl halides is 1. The summed E-state index contributed by atoms with van der Waals surface area (Å²) < 4.78 is 0. The maximum Gasteiger partial charge on any atom is 0.340 e. The van der Waals surface area contributed by atoms with Crippen LogP contribution in [-0.4, -0.2) is 22.2 Å². The van der Waals surface area contributed by atoms with Gasteiger partial charge in [0, 0.05) is 0 Å². The van der Waals surface area contributed by atoms with Crippen LogP contribution in [0.3, 0.4) is 0 Å². The SMILES string of the molecule is O=C(O)C1=C(Cl)C=CC(Cl)C1=O. The van der Waals surface area contributed by atoms with Crippen LogP contribution in [0.15, 0.2) is 22.8 Å². The van der Waals surface area contributed by atoms with Gasteiger partial charge in [0.25, 0.3) is 0 Å². The molecule has 1 rings (SSSR count). The molecule has 0 saturated heterocycles. The summed E-state index contributed by atoms with van der Waals surface area (Å²) in [6, 6.07) is 0. The molecule has 1 aliphatic carbocycles. The molecule has 0 bridgehead atoms. The second kappa shape index (κ2) is 3.29. The van der Waals surface area contributed by atoms with Crippen molar-refractivity contribution in [3.05, 3.63) is 22.8 Å². The number of Topliss-reactive ketones (excluding diaryl/α,β-unsaturated/α-hetero) is 1. The van der Waals surface area contributed by atoms with E-state index in [-0.39, 0.29) is 5.03 Å². The first-order chi connectivity index (χ1) is 5.54. The predicted molar refractivity (Wildman–Crippen MR) is 44.3 cm³/mol. The van der Waals surface area contributed by atoms with E-state index in [9.17, 15) is 9.59 Å². The highest BCUT2D eigenvalue weighted by Crippen LogP contribution is 2.22. The molecule has 0 fully saturated rings. The zero-order valence-corrected chi connectivity index (χ0v) is 7.26. The van der Waals surface area contributed by atoms with Crippen molar-refractivity contribution in [3.8, 4) is 0 Å². The summed E-state index contributed by atoms with van der Waals surface area (Å²) in [6.45, 7) is 0. The molecule has 0 aromatic rings. The number of carbonyl (C=O) groups is 2. The third-order valence-corrected chi connectivity index (χ3v) is 2.02. The van der Waals surface area contributed by atoms with Crippen molar-refractivity contribution < 1.29 is 14.7 Å². The molecule has 12 heavy (non-hydrogen) atoms. The Kier molecular flexibility index (Phi) is 2.55. The number of allylic oxidation sites excluding steroid dienone is 3. The standard InChI is InChI=1S/C7H4Cl2O3/c8-3-1-2-4(9)6(10)5(3)7(11)12/h1-2,4H,(H,11,12). The Morgan fingerprint density at radius 3 is 2.58 bits per heavy atom. The van der Waals surface area contributed by atoms with Crippen LogP contribution in [-0.2, 0) is 9.59 Å². The van der Waals surface area contributed by atoms with E-state index in [0.717, 1.165) is 0 Å². The van der Waals surface area contributed by atoms with Gasteiger partial charge < -0.3 is 5.11 Å². The quantitative estimate of drug-likeness (QED) is 0.520. The van der Waals surface area contributed by atoms with Gasteiger partial charge in [-0.15, -0.1) is 11.6 Å². The lowest BCUT2D eigenvalue weighted by molar-refractivity contribution is -0.134. The van der Waals surface area contributed by atoms with Crippen LogP contribution in [0.25, 0.3) is 0 Å². The molecule has 3 nitrogen and oxygen atoms in total. The van der Waals surface area contributed by atoms with Gasteiger partial charge in [0.05, 0.1) is 5.03 Å². The molecular weight excluding hydrogens is 203 g/mol. The average molecular weight is 207 g/mol. The van der Waals surface area contributed by atoms with Gasteiger partial charge in [-0.1, -0.05) is 17.7 Å². The summed E-state index contributed by atoms with van der Waals surface area (Å²) in [5.74, 6) is -2.02. The molecule has 1 unspecified atom stereocenters. The normalized spacial score (nSPS) is 23.2. The van der Waals surface area contributed by atoms with E-state index < -0.39 is 22.7 Å². The van der Waals surface area contributed by atoms with Crippen LogP contribution < -0.4 is 0 Å². The first kappa shape index (κ1) is 9.29. The van der Waals surface area contributed by atoms with E-state index in [1.165, 1.54) is 12.2 Å². The van der Waals surface area contributed by atoms with Crippen LogP contribution in [0.2, 0.25) is 0 Å². The van der Waals surface area contributed by atoms with Crippen molar-refractivity contribution in [1.29, 1.82) is 0 Å². The van der Waals surface area contributed by atoms with Crippen molar-refractivity contribution >= 4 is 35.0 Å². The molecule has 5 heteroatoms. The highest BCUT2D eigenvalue weighted by molar-refractivity contribution is 6.44. The lowest BCUT2D eigenvalue weighted by Crippen LogP contribution is -2.23. The second-order valence-electron chi connectivity index (χ2n) is 2.15. The highest BCUT2D eigenvalue weighted by atomic mass is 35.5. The van der Waals surface area contributed by atoms with Gasteiger partial charge in [0.2, 0.25) is 0 Å². The molecule has 0 saturated carbocycles. The van der Waals surface area contributed by atoms with E-state index >= 15 is 0 Å². The number of carboxylic acids is 1. The van der Waals surface area contributed by atoms with E-state index in [1.54, 1.807) is 0 Å². The Labute approximate surface area is 78.3 Å². The van der Waals surface area contributed by atoms with E-state index in [4.69, 9.17) is 28.3 Å². The maximum absolute atomic E-state index is 11.1. The lowest BCUT2D eigenvalue weighted by atomic mass is 10.0. The van der Waals surface area contributed by atoms with Gasteiger partial charge in [-0.05, 0) is 6.08 Å². The second-order valence-corrected chi connectivity index (χ2v) is 3.03. The number of ketones is 1. The molecule has 0 radical (unpaired) electrons. The van der Waals surface area contributed by atoms with Crippen LogP contribution in [0, 0.1) is 0 Å². The molecule has 0 aliphatic heterocycles. The van der Waals surface area contributed by atoms with Crippen LogP contribution >= 0.6 is 23.2 Å². The fourth-order valence-electron chi connectivity index (χ4n) is 0.803. The monoisotopic (exact) mass is 206 g/mol. The minimum absolute atomic E-state index is 0.0793. The third-order valence-electron chi connectivity index (χ3n) is 1.36. The zero-order chi connectivity index (χ0) is 9.30. The van der Waals surface area contributed by atoms with Crippen molar-refractivity contribution in [2.45, 2.75) is 5.38 Å². The third kappa shape index (κ3) is 1.52. The first-order valence-electron chi connectivity index (χ1n) is 3.03. The molecule has 1 atom stereocenters. The number of aliphatic carboxylic acids is 1. The summed E-state index contributed by atoms with van der Waals surface area (Å²) in [7, 11) is 0. The Bertz CT molecular complexity index is 304. The molecule has 0 spiro atoms. The summed E-state index contributed by atoms with van der Waals surface area (Å²) >= 11 is 10.9. The minimum atomic E-state index is -1.35. The Balaban J connectivity index is 3.15. The van der Waals surface area contributed by atoms with Crippen molar-refractivity contribution in [2.75, 3.05) is 0 Å². The van der Waals surface area contributed by atoms with Gasteiger partial charge in [-0.3, -0.25) is 4.79 Å². The Hall–Kier alpha value is -0.800. The predicted octanol–water partition coefficient (Wildman–Crippen LogP) is 1.31. The lowest BCUT2D eigenvalue weighted by Gasteiger charge is -2.09. The number of hydrogen-bond donors (Lipinski definition) is 1. The zero-order valence-electron chi connectivity index (χ0n) is 5.75. The summed E-state index contributed by atoms with van der Waals surface area (Å²) in [4.78, 5) is 21.5. The number of hydrogen-bond acceptors (Lipinski definition) is 2. The largest absolute Gasteiger partial charge is 0.478 e. The average Bonchev–Trinajstić information content (AvgIpc) is 1.97. The minimum Gasteiger partial charge on any atom is -0.478 e. The smallest absolute Gasteiger partial charge is 0.340 e. The van der Waals surface area contributed by atoms with Crippen LogP contribution in [0.4, 0.5) is 0 Å². The Morgan fingerprint density at radius 1 is 1.58 bits per heavy atom. The fourth-order valence-corrected chi connectivity index (χ4v) is 1.23. The van der Waals surface area contributed by atoms with Gasteiger partial charge in [-0.25, -0.2) is 4.79 Å². The molecule has 0 aromatic heterocycles. The van der Waals surface area contributed by atoms with E-state index in [0.29, 0.717) is 0 Å². The summed E-state index contributed by atoms with van der Waals surface area (Å²) in [5, 5.41) is 7.54. The fraction of sp³-hybridized carbons (Fsp3) is 0.143. The highest BCUT2D eigenvalue weighted by Gasteiger charge is 2.28. The van der Waals surface area contributed by atoms with E-state index in [1.807, 2.05) is 0 Å². The van der Waals surface area contributed by atoms with Gasteiger partial charge in [0.15, 0.2) is 5.78 Å². The van der Waals surface area contributed by atoms with Gasteiger partial charge >= 0.3 is 5.97 Å². The summed E-state index contributed by atoms with van der Waals surface area (Å²) in [6.07, 6.45) is 2.66. The Morgan fingerprint density at radius 2 is 2.17 bits per heavy atom. The molecular formula is C7H4Cl2O3. The molecule has 64 valence electrons. The van der Waals surface area contributed by atoms with Crippen LogP contribution in [0.1, 0.15) is 0 Å². The maximum atomic E-state index is 11.1. The van der Waals surface area contributed by atoms with Gasteiger partial charge in [0.1, 0.15) is 11.0 Å². The molecule has 1 aliphatic rings. The van der Waals surface area contributed by atoms with Gasteiger partial charge in [-0.2, -0.15) is 0 Å². The topological polar surface area (TPSA) is 54.4 Å². The van der Waals surface area contributed by atoms with Crippen molar-refractivity contribution in [2.24, 2.45) is 0 Å². The number of halogens is 2. The van der Waals surface area contributed by atoms with Crippen molar-refractivity contribution in [1.82, 2.24) is 0 Å². The number of carboxylic acid groups (broad SMARTS) is 1. The molecule has 0 amide bonds. The molecule has 0 heterocycles. The summed E-state index contributed by atoms with van der Waals surface area (Å²) in [5.41, 5.74) is -0.445. The number of carbonyl (C=O) groups excluding carboxylic acids is 1. The van der Waals surface area contributed by atoms with Crippen LogP contribution in [0.5, 0.6) is 0 Å². The number of rotatable bonds is 1. The van der Waals surface area contributed by atoms with E-state index in [2.05, 4.69) is 0 Å². The first-order valence-corrected chi connectivity index (χ1v) is 3.85. The van der Waals surface area contributed by atoms with Crippen molar-refractivity contribution in [3.63, 3.8) is 0 Å².